The van der Waals surface area contributed by atoms with E-state index in [0.717, 1.165) is 0 Å². The van der Waals surface area contributed by atoms with Gasteiger partial charge in [-0.25, -0.2) is 4.79 Å². The maximum absolute atomic E-state index is 12.6. The molecule has 0 radical (unpaired) electrons. The molecule has 3 atom stereocenters. The summed E-state index contributed by atoms with van der Waals surface area (Å²) in [6.07, 6.45) is -12.0. The Bertz CT molecular complexity index is 378. The highest BCUT2D eigenvalue weighted by Gasteiger charge is 2.76. The van der Waals surface area contributed by atoms with Crippen molar-refractivity contribution < 1.29 is 35.9 Å². The van der Waals surface area contributed by atoms with E-state index in [9.17, 15) is 31.1 Å². The molecule has 0 amide bonds. The third-order valence-electron chi connectivity index (χ3n) is 3.89. The molecule has 1 rings (SSSR count). The lowest BCUT2D eigenvalue weighted by atomic mass is 9.80. The molecule has 1 aliphatic rings. The van der Waals surface area contributed by atoms with Crippen LogP contribution in [-0.4, -0.2) is 29.3 Å². The van der Waals surface area contributed by atoms with Gasteiger partial charge in [-0.05, 0) is 31.1 Å². The molecule has 124 valence electrons. The topological polar surface area (TPSA) is 26.3 Å². The second-order valence-electron chi connectivity index (χ2n) is 5.45. The van der Waals surface area contributed by atoms with Crippen molar-refractivity contribution in [3.8, 4) is 0 Å². The summed E-state index contributed by atoms with van der Waals surface area (Å²) in [5.41, 5.74) is 0. The standard InChI is InChI=1S/C12H15ClF6O2/c1-6-3-4-8(5-7(6)2)21-9(20)10(13,11(14,15)16)12(17,18)19/h6-8H,3-5H2,1-2H3. The lowest BCUT2D eigenvalue weighted by Crippen LogP contribution is -2.59. The second kappa shape index (κ2) is 5.85. The zero-order valence-corrected chi connectivity index (χ0v) is 12.1. The van der Waals surface area contributed by atoms with E-state index < -0.39 is 29.3 Å². The normalized spacial score (nSPS) is 28.3. The second-order valence-corrected chi connectivity index (χ2v) is 6.02. The van der Waals surface area contributed by atoms with Crippen molar-refractivity contribution >= 4 is 17.6 Å². The van der Waals surface area contributed by atoms with Crippen LogP contribution >= 0.6 is 11.6 Å². The molecule has 21 heavy (non-hydrogen) atoms. The van der Waals surface area contributed by atoms with Crippen LogP contribution in [0.25, 0.3) is 0 Å². The number of carbonyl (C=O) groups excluding carboxylic acids is 1. The molecule has 0 aromatic rings. The first kappa shape index (κ1) is 18.4. The van der Waals surface area contributed by atoms with Gasteiger partial charge in [-0.1, -0.05) is 25.4 Å². The Morgan fingerprint density at radius 3 is 1.86 bits per heavy atom. The smallest absolute Gasteiger partial charge is 0.427 e. The maximum atomic E-state index is 12.6. The van der Waals surface area contributed by atoms with Gasteiger partial charge in [0.15, 0.2) is 0 Å². The van der Waals surface area contributed by atoms with E-state index in [1.807, 2.05) is 6.92 Å². The predicted octanol–water partition coefficient (Wildman–Crippen LogP) is 4.46. The Morgan fingerprint density at radius 2 is 1.48 bits per heavy atom. The molecule has 0 spiro atoms. The number of alkyl halides is 7. The number of rotatable bonds is 2. The summed E-state index contributed by atoms with van der Waals surface area (Å²) in [5.74, 6) is -2.19. The fourth-order valence-electron chi connectivity index (χ4n) is 2.23. The molecule has 0 heterocycles. The van der Waals surface area contributed by atoms with Crippen LogP contribution in [0.5, 0.6) is 0 Å². The quantitative estimate of drug-likeness (QED) is 0.421. The highest BCUT2D eigenvalue weighted by Crippen LogP contribution is 2.49. The van der Waals surface area contributed by atoms with E-state index in [2.05, 4.69) is 16.3 Å². The average Bonchev–Trinajstić information content (AvgIpc) is 2.29. The number of hydrogen-bond donors (Lipinski definition) is 0. The Kier molecular flexibility index (Phi) is 5.12. The van der Waals surface area contributed by atoms with Gasteiger partial charge in [0.05, 0.1) is 0 Å². The molecule has 0 N–H and O–H groups in total. The van der Waals surface area contributed by atoms with Gasteiger partial charge in [0.2, 0.25) is 0 Å². The molecule has 3 unspecified atom stereocenters. The Hall–Kier alpha value is -0.660. The summed E-state index contributed by atoms with van der Waals surface area (Å²) in [5, 5.41) is 0. The van der Waals surface area contributed by atoms with Gasteiger partial charge in [-0.2, -0.15) is 26.3 Å². The molecule has 1 fully saturated rings. The minimum absolute atomic E-state index is 0.0399. The van der Waals surface area contributed by atoms with E-state index in [1.54, 1.807) is 6.92 Å². The third-order valence-corrected chi connectivity index (χ3v) is 4.47. The van der Waals surface area contributed by atoms with Crippen LogP contribution in [0.3, 0.4) is 0 Å². The zero-order valence-electron chi connectivity index (χ0n) is 11.3. The van der Waals surface area contributed by atoms with E-state index in [1.165, 1.54) is 0 Å². The van der Waals surface area contributed by atoms with Gasteiger partial charge >= 0.3 is 23.2 Å². The lowest BCUT2D eigenvalue weighted by molar-refractivity contribution is -0.270. The molecule has 0 saturated heterocycles. The molecule has 0 aromatic heterocycles. The first-order valence-corrected chi connectivity index (χ1v) is 6.72. The van der Waals surface area contributed by atoms with Gasteiger partial charge in [0.1, 0.15) is 6.10 Å². The zero-order chi connectivity index (χ0) is 16.6. The van der Waals surface area contributed by atoms with E-state index in [4.69, 9.17) is 0 Å². The van der Waals surface area contributed by atoms with Crippen LogP contribution in [0.15, 0.2) is 0 Å². The molecular formula is C12H15ClF6O2. The molecule has 2 nitrogen and oxygen atoms in total. The third kappa shape index (κ3) is 3.57. The Morgan fingerprint density at radius 1 is 1.00 bits per heavy atom. The molecule has 1 saturated carbocycles. The maximum Gasteiger partial charge on any atom is 0.427 e. The minimum atomic E-state index is -5.99. The number of esters is 1. The Balaban J connectivity index is 2.89. The van der Waals surface area contributed by atoms with Gasteiger partial charge < -0.3 is 4.74 Å². The van der Waals surface area contributed by atoms with Gasteiger partial charge in [0, 0.05) is 0 Å². The summed E-state index contributed by atoms with van der Waals surface area (Å²) in [4.78, 5) is 6.40. The highest BCUT2D eigenvalue weighted by atomic mass is 35.5. The van der Waals surface area contributed by atoms with Crippen LogP contribution in [-0.2, 0) is 9.53 Å². The van der Waals surface area contributed by atoms with Crippen LogP contribution in [0.1, 0.15) is 33.1 Å². The van der Waals surface area contributed by atoms with Gasteiger partial charge in [0.25, 0.3) is 0 Å². The summed E-state index contributed by atoms with van der Waals surface area (Å²) in [7, 11) is 0. The van der Waals surface area contributed by atoms with Crippen molar-refractivity contribution in [3.05, 3.63) is 0 Å². The fourth-order valence-corrected chi connectivity index (χ4v) is 2.27. The van der Waals surface area contributed by atoms with Gasteiger partial charge in [-0.15, -0.1) is 0 Å². The average molecular weight is 341 g/mol. The van der Waals surface area contributed by atoms with Crippen molar-refractivity contribution in [2.24, 2.45) is 11.8 Å². The van der Waals surface area contributed by atoms with Crippen molar-refractivity contribution in [1.82, 2.24) is 0 Å². The molecule has 0 aromatic carbocycles. The molecule has 1 aliphatic carbocycles. The van der Waals surface area contributed by atoms with Crippen LogP contribution in [0, 0.1) is 11.8 Å². The largest absolute Gasteiger partial charge is 0.461 e. The molecular weight excluding hydrogens is 326 g/mol. The highest BCUT2D eigenvalue weighted by molar-refractivity contribution is 6.35. The predicted molar refractivity (Wildman–Crippen MR) is 62.8 cm³/mol. The number of carbonyl (C=O) groups is 1. The van der Waals surface area contributed by atoms with Crippen molar-refractivity contribution in [2.75, 3.05) is 0 Å². The molecule has 0 aliphatic heterocycles. The van der Waals surface area contributed by atoms with E-state index in [0.29, 0.717) is 6.42 Å². The van der Waals surface area contributed by atoms with Crippen LogP contribution in [0.4, 0.5) is 26.3 Å². The first-order chi connectivity index (χ1) is 9.30. The van der Waals surface area contributed by atoms with Crippen molar-refractivity contribution in [3.63, 3.8) is 0 Å². The fraction of sp³-hybridized carbons (Fsp3) is 0.917. The van der Waals surface area contributed by atoms with Gasteiger partial charge in [-0.3, -0.25) is 0 Å². The van der Waals surface area contributed by atoms with Crippen molar-refractivity contribution in [2.45, 2.75) is 56.4 Å². The summed E-state index contributed by atoms with van der Waals surface area (Å²) in [6, 6.07) is 0. The number of ether oxygens (including phenoxy) is 1. The number of hydrogen-bond acceptors (Lipinski definition) is 2. The number of halogens is 7. The molecule has 9 heteroatoms. The monoisotopic (exact) mass is 340 g/mol. The lowest BCUT2D eigenvalue weighted by Gasteiger charge is -2.35. The summed E-state index contributed by atoms with van der Waals surface area (Å²) in [6.45, 7) is 3.71. The van der Waals surface area contributed by atoms with E-state index in [-0.39, 0.29) is 24.7 Å². The van der Waals surface area contributed by atoms with Crippen LogP contribution < -0.4 is 0 Å². The summed E-state index contributed by atoms with van der Waals surface area (Å²) >= 11 is 4.60. The minimum Gasteiger partial charge on any atom is -0.461 e. The molecule has 0 bridgehead atoms. The summed E-state index contributed by atoms with van der Waals surface area (Å²) < 4.78 is 80.0. The first-order valence-electron chi connectivity index (χ1n) is 6.34. The SMILES string of the molecule is CC1CCC(OC(=O)C(Cl)(C(F)(F)F)C(F)(F)F)CC1C. The Labute approximate surface area is 122 Å². The van der Waals surface area contributed by atoms with Crippen LogP contribution in [0.2, 0.25) is 0 Å². The van der Waals surface area contributed by atoms with Crippen molar-refractivity contribution in [1.29, 1.82) is 0 Å². The van der Waals surface area contributed by atoms with E-state index >= 15 is 0 Å².